The Balaban J connectivity index is 2.18. The third-order valence-electron chi connectivity index (χ3n) is 2.74. The summed E-state index contributed by atoms with van der Waals surface area (Å²) in [5.41, 5.74) is 2.03. The molecule has 0 bridgehead atoms. The topological polar surface area (TPSA) is 66.5 Å². The number of hydrogen-bond acceptors (Lipinski definition) is 4. The lowest BCUT2D eigenvalue weighted by Crippen LogP contribution is -2.12. The number of H-pyrrole nitrogens is 1. The Kier molecular flexibility index (Phi) is 3.60. The largest absolute Gasteiger partial charge is 0.347 e. The van der Waals surface area contributed by atoms with E-state index in [4.69, 9.17) is 0 Å². The van der Waals surface area contributed by atoms with E-state index in [1.807, 2.05) is 26.1 Å². The highest BCUT2D eigenvalue weighted by Gasteiger charge is 2.11. The van der Waals surface area contributed by atoms with Gasteiger partial charge in [-0.05, 0) is 25.8 Å². The Labute approximate surface area is 107 Å². The quantitative estimate of drug-likeness (QED) is 0.869. The van der Waals surface area contributed by atoms with E-state index in [-0.39, 0.29) is 6.04 Å². The van der Waals surface area contributed by atoms with Gasteiger partial charge in [-0.1, -0.05) is 13.8 Å². The van der Waals surface area contributed by atoms with E-state index in [9.17, 15) is 0 Å². The first kappa shape index (κ1) is 12.5. The second kappa shape index (κ2) is 5.16. The second-order valence-corrected chi connectivity index (χ2v) is 4.75. The summed E-state index contributed by atoms with van der Waals surface area (Å²) in [5, 5.41) is 3.26. The molecule has 0 amide bonds. The van der Waals surface area contributed by atoms with Gasteiger partial charge in [-0.3, -0.25) is 0 Å². The van der Waals surface area contributed by atoms with Crippen LogP contribution in [-0.4, -0.2) is 19.9 Å². The highest BCUT2D eigenvalue weighted by molar-refractivity contribution is 5.31. The predicted molar refractivity (Wildman–Crippen MR) is 71.5 cm³/mol. The number of nitrogens with one attached hydrogen (secondary N) is 2. The van der Waals surface area contributed by atoms with Crippen molar-refractivity contribution < 1.29 is 0 Å². The van der Waals surface area contributed by atoms with Crippen LogP contribution in [0.2, 0.25) is 0 Å². The minimum absolute atomic E-state index is 0.0572. The lowest BCUT2D eigenvalue weighted by molar-refractivity contribution is 0.771. The number of aryl methyl sites for hydroxylation is 1. The zero-order valence-corrected chi connectivity index (χ0v) is 11.2. The molecular formula is C13H19N5. The number of aromatic amines is 1. The third-order valence-corrected chi connectivity index (χ3v) is 2.74. The van der Waals surface area contributed by atoms with E-state index in [1.54, 1.807) is 6.20 Å². The number of aromatic nitrogens is 4. The molecule has 18 heavy (non-hydrogen) atoms. The van der Waals surface area contributed by atoms with Gasteiger partial charge in [0.2, 0.25) is 5.95 Å². The van der Waals surface area contributed by atoms with Crippen LogP contribution < -0.4 is 5.32 Å². The normalized spacial score (nSPS) is 12.7. The first-order chi connectivity index (χ1) is 8.56. The summed E-state index contributed by atoms with van der Waals surface area (Å²) in [7, 11) is 0. The van der Waals surface area contributed by atoms with Crippen LogP contribution in [-0.2, 0) is 0 Å². The van der Waals surface area contributed by atoms with Crippen LogP contribution in [0.25, 0.3) is 0 Å². The first-order valence-corrected chi connectivity index (χ1v) is 6.17. The predicted octanol–water partition coefficient (Wildman–Crippen LogP) is 2.80. The standard InChI is InChI=1S/C13H19N5/c1-8(2)11-7-9(3)16-13(18-11)17-10(4)12-14-5-6-15-12/h5-8,10H,1-4H3,(H,14,15)(H,16,17,18). The minimum Gasteiger partial charge on any atom is -0.347 e. The van der Waals surface area contributed by atoms with Crippen LogP contribution in [0.3, 0.4) is 0 Å². The van der Waals surface area contributed by atoms with E-state index in [1.165, 1.54) is 0 Å². The molecule has 0 spiro atoms. The molecule has 1 unspecified atom stereocenters. The zero-order chi connectivity index (χ0) is 13.1. The second-order valence-electron chi connectivity index (χ2n) is 4.75. The summed E-state index contributed by atoms with van der Waals surface area (Å²) in [4.78, 5) is 16.2. The summed E-state index contributed by atoms with van der Waals surface area (Å²) in [6.07, 6.45) is 3.55. The van der Waals surface area contributed by atoms with E-state index < -0.39 is 0 Å². The van der Waals surface area contributed by atoms with Crippen molar-refractivity contribution in [2.75, 3.05) is 5.32 Å². The molecule has 5 heteroatoms. The first-order valence-electron chi connectivity index (χ1n) is 6.17. The number of rotatable bonds is 4. The molecule has 0 aromatic carbocycles. The molecule has 0 aliphatic heterocycles. The minimum atomic E-state index is 0.0572. The maximum Gasteiger partial charge on any atom is 0.223 e. The fourth-order valence-corrected chi connectivity index (χ4v) is 1.73. The van der Waals surface area contributed by atoms with E-state index in [2.05, 4.69) is 39.1 Å². The summed E-state index contributed by atoms with van der Waals surface area (Å²) < 4.78 is 0. The monoisotopic (exact) mass is 245 g/mol. The molecule has 1 atom stereocenters. The molecule has 96 valence electrons. The molecule has 2 aromatic rings. The van der Waals surface area contributed by atoms with Crippen LogP contribution >= 0.6 is 0 Å². The Bertz CT molecular complexity index is 504. The lowest BCUT2D eigenvalue weighted by Gasteiger charge is -2.13. The Morgan fingerprint density at radius 2 is 2.00 bits per heavy atom. The third kappa shape index (κ3) is 2.85. The van der Waals surface area contributed by atoms with Gasteiger partial charge in [0.1, 0.15) is 5.82 Å². The van der Waals surface area contributed by atoms with Gasteiger partial charge in [-0.2, -0.15) is 0 Å². The van der Waals surface area contributed by atoms with Gasteiger partial charge in [-0.25, -0.2) is 15.0 Å². The van der Waals surface area contributed by atoms with Crippen molar-refractivity contribution >= 4 is 5.95 Å². The molecule has 0 radical (unpaired) electrons. The average molecular weight is 245 g/mol. The van der Waals surface area contributed by atoms with Crippen LogP contribution in [0.5, 0.6) is 0 Å². The summed E-state index contributed by atoms with van der Waals surface area (Å²) in [6.45, 7) is 8.26. The van der Waals surface area contributed by atoms with Crippen LogP contribution in [0.15, 0.2) is 18.5 Å². The Morgan fingerprint density at radius 3 is 2.61 bits per heavy atom. The SMILES string of the molecule is Cc1cc(C(C)C)nc(NC(C)c2ncc[nH]2)n1. The molecule has 2 heterocycles. The van der Waals surface area contributed by atoms with Gasteiger partial charge in [0, 0.05) is 23.8 Å². The van der Waals surface area contributed by atoms with E-state index in [0.717, 1.165) is 17.2 Å². The molecule has 2 aromatic heterocycles. The molecule has 0 saturated carbocycles. The van der Waals surface area contributed by atoms with E-state index >= 15 is 0 Å². The van der Waals surface area contributed by atoms with Gasteiger partial charge < -0.3 is 10.3 Å². The molecule has 0 saturated heterocycles. The van der Waals surface area contributed by atoms with Gasteiger partial charge in [0.05, 0.1) is 6.04 Å². The number of anilines is 1. The average Bonchev–Trinajstić information content (AvgIpc) is 2.81. The van der Waals surface area contributed by atoms with Crippen molar-refractivity contribution in [3.8, 4) is 0 Å². The molecule has 2 rings (SSSR count). The number of hydrogen-bond donors (Lipinski definition) is 2. The van der Waals surface area contributed by atoms with Crippen LogP contribution in [0, 0.1) is 6.92 Å². The fraction of sp³-hybridized carbons (Fsp3) is 0.462. The summed E-state index contributed by atoms with van der Waals surface area (Å²) >= 11 is 0. The van der Waals surface area contributed by atoms with Crippen molar-refractivity contribution in [2.24, 2.45) is 0 Å². The summed E-state index contributed by atoms with van der Waals surface area (Å²) in [5.74, 6) is 1.93. The molecule has 0 aliphatic carbocycles. The number of imidazole rings is 1. The van der Waals surface area contributed by atoms with Gasteiger partial charge in [0.25, 0.3) is 0 Å². The van der Waals surface area contributed by atoms with Crippen molar-refractivity contribution in [3.05, 3.63) is 35.7 Å². The van der Waals surface area contributed by atoms with E-state index in [0.29, 0.717) is 11.9 Å². The molecule has 0 fully saturated rings. The Morgan fingerprint density at radius 1 is 1.22 bits per heavy atom. The zero-order valence-electron chi connectivity index (χ0n) is 11.2. The molecular weight excluding hydrogens is 226 g/mol. The summed E-state index contributed by atoms with van der Waals surface area (Å²) in [6, 6.07) is 2.08. The van der Waals surface area contributed by atoms with Crippen LogP contribution in [0.4, 0.5) is 5.95 Å². The highest BCUT2D eigenvalue weighted by Crippen LogP contribution is 2.17. The van der Waals surface area contributed by atoms with Crippen molar-refractivity contribution in [1.82, 2.24) is 19.9 Å². The van der Waals surface area contributed by atoms with Crippen LogP contribution in [0.1, 0.15) is 49.9 Å². The Hall–Kier alpha value is -1.91. The maximum absolute atomic E-state index is 4.52. The van der Waals surface area contributed by atoms with Gasteiger partial charge in [0.15, 0.2) is 0 Å². The van der Waals surface area contributed by atoms with Crippen molar-refractivity contribution in [3.63, 3.8) is 0 Å². The number of nitrogens with zero attached hydrogens (tertiary/aromatic N) is 3. The molecule has 0 aliphatic rings. The van der Waals surface area contributed by atoms with Crippen molar-refractivity contribution in [1.29, 1.82) is 0 Å². The fourth-order valence-electron chi connectivity index (χ4n) is 1.73. The molecule has 2 N–H and O–H groups in total. The smallest absolute Gasteiger partial charge is 0.223 e. The van der Waals surface area contributed by atoms with Crippen molar-refractivity contribution in [2.45, 2.75) is 39.7 Å². The van der Waals surface area contributed by atoms with Gasteiger partial charge >= 0.3 is 0 Å². The van der Waals surface area contributed by atoms with Gasteiger partial charge in [-0.15, -0.1) is 0 Å². The maximum atomic E-state index is 4.52. The lowest BCUT2D eigenvalue weighted by atomic mass is 10.1. The highest BCUT2D eigenvalue weighted by atomic mass is 15.1. The molecule has 5 nitrogen and oxygen atoms in total.